The Balaban J connectivity index is 1.58. The Hall–Kier alpha value is -4.18. The highest BCUT2D eigenvalue weighted by molar-refractivity contribution is 5.92. The van der Waals surface area contributed by atoms with Crippen LogP contribution in [0.3, 0.4) is 0 Å². The molecule has 2 aromatic heterocycles. The minimum absolute atomic E-state index is 0.133. The first-order valence-electron chi connectivity index (χ1n) is 9.90. The van der Waals surface area contributed by atoms with Gasteiger partial charge in [0.15, 0.2) is 11.6 Å². The summed E-state index contributed by atoms with van der Waals surface area (Å²) in [4.78, 5) is 17.3. The van der Waals surface area contributed by atoms with Crippen LogP contribution in [0.25, 0.3) is 16.7 Å². The van der Waals surface area contributed by atoms with Crippen LogP contribution >= 0.6 is 0 Å². The number of amides is 1. The second kappa shape index (κ2) is 8.67. The first-order chi connectivity index (χ1) is 15.1. The largest absolute Gasteiger partial charge is 0.493 e. The van der Waals surface area contributed by atoms with E-state index in [0.29, 0.717) is 17.4 Å². The van der Waals surface area contributed by atoms with E-state index in [2.05, 4.69) is 16.5 Å². The van der Waals surface area contributed by atoms with E-state index in [1.54, 1.807) is 0 Å². The van der Waals surface area contributed by atoms with Crippen molar-refractivity contribution in [2.24, 2.45) is 0 Å². The summed E-state index contributed by atoms with van der Waals surface area (Å²) in [5.41, 5.74) is 3.20. The number of nitrogens with zero attached hydrogens (tertiary/aromatic N) is 4. The summed E-state index contributed by atoms with van der Waals surface area (Å²) in [5.74, 6) is 1.26. The smallest absolute Gasteiger partial charge is 0.228 e. The molecule has 0 radical (unpaired) electrons. The Morgan fingerprint density at radius 3 is 2.71 bits per heavy atom. The fourth-order valence-electron chi connectivity index (χ4n) is 3.35. The van der Waals surface area contributed by atoms with Gasteiger partial charge in [0, 0.05) is 5.39 Å². The number of hydrogen-bond acceptors (Lipinski definition) is 5. The van der Waals surface area contributed by atoms with Crippen LogP contribution in [0.15, 0.2) is 60.8 Å². The van der Waals surface area contributed by atoms with E-state index in [1.807, 2.05) is 68.4 Å². The molecule has 4 aromatic rings. The van der Waals surface area contributed by atoms with Crippen molar-refractivity contribution in [2.75, 3.05) is 11.9 Å². The summed E-state index contributed by atoms with van der Waals surface area (Å²) < 4.78 is 7.08. The lowest BCUT2D eigenvalue weighted by Gasteiger charge is -2.12. The zero-order valence-electron chi connectivity index (χ0n) is 17.3. The van der Waals surface area contributed by atoms with Crippen molar-refractivity contribution in [1.82, 2.24) is 14.8 Å². The third kappa shape index (κ3) is 4.23. The summed E-state index contributed by atoms with van der Waals surface area (Å²) in [6.45, 7) is 4.22. The minimum atomic E-state index is -0.275. The molecule has 0 fully saturated rings. The number of ether oxygens (including phenoxy) is 1. The summed E-state index contributed by atoms with van der Waals surface area (Å²) in [5, 5.41) is 17.6. The van der Waals surface area contributed by atoms with Crippen molar-refractivity contribution in [2.45, 2.75) is 20.3 Å². The molecule has 1 amide bonds. The number of aryl methyl sites for hydroxylation is 2. The number of nitrogens with one attached hydrogen (secondary N) is 1. The van der Waals surface area contributed by atoms with Gasteiger partial charge in [0.05, 0.1) is 24.7 Å². The summed E-state index contributed by atoms with van der Waals surface area (Å²) >= 11 is 0. The summed E-state index contributed by atoms with van der Waals surface area (Å²) in [7, 11) is 0. The first kappa shape index (κ1) is 20.1. The molecule has 31 heavy (non-hydrogen) atoms. The molecule has 0 bridgehead atoms. The molecule has 2 aromatic carbocycles. The molecule has 2 heterocycles. The van der Waals surface area contributed by atoms with E-state index in [4.69, 9.17) is 9.72 Å². The van der Waals surface area contributed by atoms with Crippen molar-refractivity contribution >= 4 is 22.6 Å². The Morgan fingerprint density at radius 2 is 1.94 bits per heavy atom. The molecule has 0 unspecified atom stereocenters. The van der Waals surface area contributed by atoms with Crippen LogP contribution < -0.4 is 10.1 Å². The van der Waals surface area contributed by atoms with E-state index >= 15 is 0 Å². The molecule has 0 aliphatic carbocycles. The maximum atomic E-state index is 12.5. The molecule has 1 N–H and O–H groups in total. The number of nitriles is 1. The highest BCUT2D eigenvalue weighted by atomic mass is 16.5. The Kier molecular flexibility index (Phi) is 5.63. The first-order valence-corrected chi connectivity index (χ1v) is 9.90. The van der Waals surface area contributed by atoms with Gasteiger partial charge in [-0.25, -0.2) is 4.98 Å². The summed E-state index contributed by atoms with van der Waals surface area (Å²) in [6, 6.07) is 19.3. The number of benzene rings is 2. The van der Waals surface area contributed by atoms with Crippen LogP contribution in [0.2, 0.25) is 0 Å². The predicted octanol–water partition coefficient (Wildman–Crippen LogP) is 4.32. The fourth-order valence-corrected chi connectivity index (χ4v) is 3.35. The molecular formula is C24H21N5O2. The zero-order valence-corrected chi connectivity index (χ0v) is 17.3. The minimum Gasteiger partial charge on any atom is -0.493 e. The number of carbonyl (C=O) groups excluding carboxylic acids is 1. The molecule has 0 saturated heterocycles. The third-order valence-corrected chi connectivity index (χ3v) is 4.94. The van der Waals surface area contributed by atoms with Crippen LogP contribution in [0.5, 0.6) is 5.75 Å². The average Bonchev–Trinajstić information content (AvgIpc) is 3.17. The molecule has 0 aliphatic rings. The molecule has 7 heteroatoms. The number of hydrogen-bond donors (Lipinski definition) is 1. The fraction of sp³-hybridized carbons (Fsp3) is 0.167. The normalized spacial score (nSPS) is 10.6. The van der Waals surface area contributed by atoms with Crippen LogP contribution in [0.4, 0.5) is 5.82 Å². The predicted molar refractivity (Wildman–Crippen MR) is 118 cm³/mol. The summed E-state index contributed by atoms with van der Waals surface area (Å²) in [6.07, 6.45) is 1.56. The van der Waals surface area contributed by atoms with Crippen molar-refractivity contribution in [3.63, 3.8) is 0 Å². The van der Waals surface area contributed by atoms with Gasteiger partial charge in [-0.05, 0) is 43.2 Å². The standard InChI is InChI=1S/C24H21N5O2/c1-16-7-6-10-20-17(2)13-21(27-23(16)20)29-24(18(14-25)15-26-29)28-22(30)11-12-31-19-8-4-3-5-9-19/h3-10,13,15H,11-12H2,1-2H3,(H,28,30). The molecule has 0 spiro atoms. The Bertz CT molecular complexity index is 1290. The van der Waals surface area contributed by atoms with E-state index in [-0.39, 0.29) is 24.5 Å². The van der Waals surface area contributed by atoms with Gasteiger partial charge in [-0.1, -0.05) is 36.4 Å². The van der Waals surface area contributed by atoms with E-state index in [1.165, 1.54) is 10.9 Å². The molecule has 0 aliphatic heterocycles. The number of carbonyl (C=O) groups is 1. The number of para-hydroxylation sites is 2. The van der Waals surface area contributed by atoms with Crippen molar-refractivity contribution in [3.05, 3.63) is 77.5 Å². The number of rotatable bonds is 6. The molecule has 154 valence electrons. The maximum Gasteiger partial charge on any atom is 0.228 e. The van der Waals surface area contributed by atoms with Gasteiger partial charge in [0.25, 0.3) is 0 Å². The number of fused-ring (bicyclic) bond motifs is 1. The van der Waals surface area contributed by atoms with Gasteiger partial charge in [0.2, 0.25) is 5.91 Å². The van der Waals surface area contributed by atoms with Crippen molar-refractivity contribution in [1.29, 1.82) is 5.26 Å². The van der Waals surface area contributed by atoms with Gasteiger partial charge in [0.1, 0.15) is 17.4 Å². The lowest BCUT2D eigenvalue weighted by molar-refractivity contribution is -0.116. The Labute approximate surface area is 179 Å². The maximum absolute atomic E-state index is 12.5. The average molecular weight is 411 g/mol. The highest BCUT2D eigenvalue weighted by Gasteiger charge is 2.17. The van der Waals surface area contributed by atoms with Crippen LogP contribution in [0, 0.1) is 25.2 Å². The lowest BCUT2D eigenvalue weighted by Crippen LogP contribution is -2.18. The van der Waals surface area contributed by atoms with E-state index < -0.39 is 0 Å². The molecule has 4 rings (SSSR count). The van der Waals surface area contributed by atoms with Gasteiger partial charge in [-0.15, -0.1) is 0 Å². The van der Waals surface area contributed by atoms with Crippen molar-refractivity contribution in [3.8, 4) is 17.6 Å². The Morgan fingerprint density at radius 1 is 1.13 bits per heavy atom. The van der Waals surface area contributed by atoms with Gasteiger partial charge >= 0.3 is 0 Å². The molecule has 7 nitrogen and oxygen atoms in total. The van der Waals surface area contributed by atoms with E-state index in [0.717, 1.165) is 22.0 Å². The second-order valence-electron chi connectivity index (χ2n) is 7.16. The van der Waals surface area contributed by atoms with Crippen LogP contribution in [0.1, 0.15) is 23.1 Å². The number of aromatic nitrogens is 3. The van der Waals surface area contributed by atoms with Crippen LogP contribution in [-0.4, -0.2) is 27.3 Å². The SMILES string of the molecule is Cc1cc(-n2ncc(C#N)c2NC(=O)CCOc2ccccc2)nc2c(C)cccc12. The third-order valence-electron chi connectivity index (χ3n) is 4.94. The lowest BCUT2D eigenvalue weighted by atomic mass is 10.1. The zero-order chi connectivity index (χ0) is 21.8. The van der Waals surface area contributed by atoms with E-state index in [9.17, 15) is 10.1 Å². The molecule has 0 saturated carbocycles. The van der Waals surface area contributed by atoms with Crippen LogP contribution in [-0.2, 0) is 4.79 Å². The van der Waals surface area contributed by atoms with Gasteiger partial charge in [-0.3, -0.25) is 4.79 Å². The number of pyridine rings is 1. The monoisotopic (exact) mass is 411 g/mol. The van der Waals surface area contributed by atoms with Gasteiger partial charge in [-0.2, -0.15) is 15.0 Å². The quantitative estimate of drug-likeness (QED) is 0.510. The molecular weight excluding hydrogens is 390 g/mol. The van der Waals surface area contributed by atoms with Gasteiger partial charge < -0.3 is 10.1 Å². The topological polar surface area (TPSA) is 92.8 Å². The van der Waals surface area contributed by atoms with Crippen molar-refractivity contribution < 1.29 is 9.53 Å². The highest BCUT2D eigenvalue weighted by Crippen LogP contribution is 2.25. The second-order valence-corrected chi connectivity index (χ2v) is 7.16. The number of anilines is 1. The molecule has 0 atom stereocenters.